The van der Waals surface area contributed by atoms with Gasteiger partial charge in [-0.2, -0.15) is 0 Å². The Balaban J connectivity index is 1.61. The van der Waals surface area contributed by atoms with Crippen LogP contribution in [0.15, 0.2) is 72.9 Å². The van der Waals surface area contributed by atoms with E-state index >= 15 is 0 Å². The number of rotatable bonds is 6. The predicted molar refractivity (Wildman–Crippen MR) is 107 cm³/mol. The molecule has 28 heavy (non-hydrogen) atoms. The first-order chi connectivity index (χ1) is 13.8. The molecular weight excluding hydrogens is 352 g/mol. The summed E-state index contributed by atoms with van der Waals surface area (Å²) >= 11 is 0. The number of nitrogens with one attached hydrogen (secondary N) is 1. The van der Waals surface area contributed by atoms with Gasteiger partial charge in [0.25, 0.3) is 5.91 Å². The second kappa shape index (κ2) is 7.92. The Morgan fingerprint density at radius 3 is 2.64 bits per heavy atom. The van der Waals surface area contributed by atoms with Crippen molar-refractivity contribution in [1.82, 2.24) is 19.9 Å². The number of carbonyl (C=O) groups is 1. The zero-order chi connectivity index (χ0) is 19.3. The lowest BCUT2D eigenvalue weighted by atomic mass is 10.2. The highest BCUT2D eigenvalue weighted by atomic mass is 16.5. The fourth-order valence-electron chi connectivity index (χ4n) is 3.16. The molecule has 0 saturated heterocycles. The third-order valence-corrected chi connectivity index (χ3v) is 4.53. The summed E-state index contributed by atoms with van der Waals surface area (Å²) in [6.45, 7) is 0.925. The SMILES string of the molecule is COc1ccccc1C(=O)NCc1nc2cccnc2n1Cc1ccccc1. The molecule has 6 heteroatoms. The molecule has 0 fully saturated rings. The van der Waals surface area contributed by atoms with Gasteiger partial charge in [0.15, 0.2) is 5.65 Å². The molecule has 4 rings (SSSR count). The van der Waals surface area contributed by atoms with Crippen LogP contribution in [0.1, 0.15) is 21.7 Å². The van der Waals surface area contributed by atoms with Crippen molar-refractivity contribution in [3.63, 3.8) is 0 Å². The number of para-hydroxylation sites is 1. The van der Waals surface area contributed by atoms with E-state index in [0.717, 1.165) is 22.6 Å². The lowest BCUT2D eigenvalue weighted by Gasteiger charge is -2.11. The summed E-state index contributed by atoms with van der Waals surface area (Å²) < 4.78 is 7.31. The lowest BCUT2D eigenvalue weighted by molar-refractivity contribution is 0.0946. The van der Waals surface area contributed by atoms with E-state index in [-0.39, 0.29) is 5.91 Å². The van der Waals surface area contributed by atoms with Crippen LogP contribution in [0, 0.1) is 0 Å². The molecule has 0 spiro atoms. The minimum absolute atomic E-state index is 0.205. The van der Waals surface area contributed by atoms with Gasteiger partial charge >= 0.3 is 0 Å². The molecule has 0 aliphatic carbocycles. The van der Waals surface area contributed by atoms with Crippen LogP contribution in [-0.4, -0.2) is 27.6 Å². The number of fused-ring (bicyclic) bond motifs is 1. The van der Waals surface area contributed by atoms with Crippen LogP contribution >= 0.6 is 0 Å². The topological polar surface area (TPSA) is 69.0 Å². The highest BCUT2D eigenvalue weighted by molar-refractivity contribution is 5.96. The number of nitrogens with zero attached hydrogens (tertiary/aromatic N) is 3. The van der Waals surface area contributed by atoms with E-state index in [2.05, 4.69) is 27.4 Å². The van der Waals surface area contributed by atoms with Crippen molar-refractivity contribution in [1.29, 1.82) is 0 Å². The van der Waals surface area contributed by atoms with E-state index in [0.29, 0.717) is 24.4 Å². The molecule has 0 atom stereocenters. The summed E-state index contributed by atoms with van der Waals surface area (Å²) in [5, 5.41) is 2.95. The molecule has 2 heterocycles. The van der Waals surface area contributed by atoms with Crippen molar-refractivity contribution in [2.45, 2.75) is 13.1 Å². The highest BCUT2D eigenvalue weighted by Crippen LogP contribution is 2.18. The Bertz CT molecular complexity index is 1110. The number of carbonyl (C=O) groups excluding carboxylic acids is 1. The minimum atomic E-state index is -0.205. The number of hydrogen-bond acceptors (Lipinski definition) is 4. The maximum atomic E-state index is 12.6. The van der Waals surface area contributed by atoms with Crippen molar-refractivity contribution < 1.29 is 9.53 Å². The standard InChI is InChI=1S/C22H20N4O2/c1-28-19-12-6-5-10-17(19)22(27)24-14-20-25-18-11-7-13-23-21(18)26(20)15-16-8-3-2-4-9-16/h2-13H,14-15H2,1H3,(H,24,27). The van der Waals surface area contributed by atoms with E-state index < -0.39 is 0 Å². The quantitative estimate of drug-likeness (QED) is 0.563. The molecule has 0 saturated carbocycles. The van der Waals surface area contributed by atoms with Crippen LogP contribution in [0.25, 0.3) is 11.2 Å². The molecule has 1 N–H and O–H groups in total. The molecule has 0 aliphatic rings. The normalized spacial score (nSPS) is 10.8. The van der Waals surface area contributed by atoms with Crippen LogP contribution < -0.4 is 10.1 Å². The fourth-order valence-corrected chi connectivity index (χ4v) is 3.16. The zero-order valence-electron chi connectivity index (χ0n) is 15.5. The molecule has 6 nitrogen and oxygen atoms in total. The second-order valence-electron chi connectivity index (χ2n) is 6.33. The summed E-state index contributed by atoms with van der Waals surface area (Å²) in [7, 11) is 1.55. The number of aromatic nitrogens is 3. The van der Waals surface area contributed by atoms with Gasteiger partial charge in [-0.05, 0) is 29.8 Å². The molecule has 1 amide bonds. The van der Waals surface area contributed by atoms with E-state index in [1.54, 1.807) is 25.4 Å². The van der Waals surface area contributed by atoms with E-state index in [1.165, 1.54) is 0 Å². The summed E-state index contributed by atoms with van der Waals surface area (Å²) in [6.07, 6.45) is 1.75. The van der Waals surface area contributed by atoms with Gasteiger partial charge in [0.05, 0.1) is 25.8 Å². The maximum Gasteiger partial charge on any atom is 0.255 e. The highest BCUT2D eigenvalue weighted by Gasteiger charge is 2.15. The van der Waals surface area contributed by atoms with Gasteiger partial charge < -0.3 is 14.6 Å². The van der Waals surface area contributed by atoms with Crippen LogP contribution in [0.5, 0.6) is 5.75 Å². The van der Waals surface area contributed by atoms with Crippen molar-refractivity contribution in [2.75, 3.05) is 7.11 Å². The number of amides is 1. The van der Waals surface area contributed by atoms with Gasteiger partial charge in [-0.1, -0.05) is 42.5 Å². The lowest BCUT2D eigenvalue weighted by Crippen LogP contribution is -2.25. The Morgan fingerprint density at radius 1 is 1.04 bits per heavy atom. The summed E-state index contributed by atoms with van der Waals surface area (Å²) in [4.78, 5) is 21.8. The molecule has 2 aromatic carbocycles. The van der Waals surface area contributed by atoms with Gasteiger partial charge in [-0.25, -0.2) is 9.97 Å². The third kappa shape index (κ3) is 3.57. The maximum absolute atomic E-state index is 12.6. The summed E-state index contributed by atoms with van der Waals surface area (Å²) in [5.41, 5.74) is 3.24. The smallest absolute Gasteiger partial charge is 0.255 e. The average molecular weight is 372 g/mol. The Kier molecular flexibility index (Phi) is 5.01. The molecule has 0 unspecified atom stereocenters. The molecule has 0 bridgehead atoms. The second-order valence-corrected chi connectivity index (χ2v) is 6.33. The Hall–Kier alpha value is -3.67. The first kappa shape index (κ1) is 17.7. The molecular formula is C22H20N4O2. The van der Waals surface area contributed by atoms with Crippen molar-refractivity contribution >= 4 is 17.1 Å². The molecule has 2 aromatic heterocycles. The average Bonchev–Trinajstić information content (AvgIpc) is 3.10. The number of methoxy groups -OCH3 is 1. The monoisotopic (exact) mass is 372 g/mol. The number of hydrogen-bond donors (Lipinski definition) is 1. The van der Waals surface area contributed by atoms with Gasteiger partial charge in [-0.15, -0.1) is 0 Å². The first-order valence-corrected chi connectivity index (χ1v) is 9.01. The van der Waals surface area contributed by atoms with Crippen molar-refractivity contribution in [3.05, 3.63) is 89.9 Å². The van der Waals surface area contributed by atoms with Crippen molar-refractivity contribution in [2.24, 2.45) is 0 Å². The number of ether oxygens (including phenoxy) is 1. The Morgan fingerprint density at radius 2 is 1.82 bits per heavy atom. The number of imidazole rings is 1. The van der Waals surface area contributed by atoms with Gasteiger partial charge in [-0.3, -0.25) is 4.79 Å². The van der Waals surface area contributed by atoms with Gasteiger partial charge in [0.2, 0.25) is 0 Å². The first-order valence-electron chi connectivity index (χ1n) is 9.01. The zero-order valence-corrected chi connectivity index (χ0v) is 15.5. The van der Waals surface area contributed by atoms with E-state index in [4.69, 9.17) is 4.74 Å². The van der Waals surface area contributed by atoms with Crippen molar-refractivity contribution in [3.8, 4) is 5.75 Å². The van der Waals surface area contributed by atoms with Gasteiger partial charge in [0, 0.05) is 6.20 Å². The van der Waals surface area contributed by atoms with E-state index in [1.807, 2.05) is 47.0 Å². The Labute approximate surface area is 162 Å². The van der Waals surface area contributed by atoms with Crippen LogP contribution in [0.4, 0.5) is 0 Å². The summed E-state index contributed by atoms with van der Waals surface area (Å²) in [5.74, 6) is 1.09. The minimum Gasteiger partial charge on any atom is -0.496 e. The van der Waals surface area contributed by atoms with Crippen LogP contribution in [0.3, 0.4) is 0 Å². The fraction of sp³-hybridized carbons (Fsp3) is 0.136. The number of pyridine rings is 1. The van der Waals surface area contributed by atoms with Crippen LogP contribution in [0.2, 0.25) is 0 Å². The number of benzene rings is 2. The van der Waals surface area contributed by atoms with E-state index in [9.17, 15) is 4.79 Å². The molecule has 0 radical (unpaired) electrons. The van der Waals surface area contributed by atoms with Gasteiger partial charge in [0.1, 0.15) is 17.1 Å². The van der Waals surface area contributed by atoms with Crippen LogP contribution in [-0.2, 0) is 13.1 Å². The third-order valence-electron chi connectivity index (χ3n) is 4.53. The predicted octanol–water partition coefficient (Wildman–Crippen LogP) is 3.42. The largest absolute Gasteiger partial charge is 0.496 e. The molecule has 0 aliphatic heterocycles. The summed E-state index contributed by atoms with van der Waals surface area (Å²) in [6, 6.07) is 21.1. The molecule has 4 aromatic rings. The molecule has 140 valence electrons.